The van der Waals surface area contributed by atoms with E-state index in [0.717, 1.165) is 18.5 Å². The molecule has 1 aromatic carbocycles. The van der Waals surface area contributed by atoms with Gasteiger partial charge in [-0.25, -0.2) is 4.98 Å². The molecule has 0 saturated carbocycles. The van der Waals surface area contributed by atoms with Crippen LogP contribution < -0.4 is 11.0 Å². The van der Waals surface area contributed by atoms with Gasteiger partial charge in [0.2, 0.25) is 0 Å². The molecule has 0 bridgehead atoms. The van der Waals surface area contributed by atoms with E-state index >= 15 is 0 Å². The van der Waals surface area contributed by atoms with Crippen LogP contribution in [0, 0.1) is 10.1 Å². The van der Waals surface area contributed by atoms with Gasteiger partial charge in [-0.3, -0.25) is 24.6 Å². The summed E-state index contributed by atoms with van der Waals surface area (Å²) in [6.07, 6.45) is 3.65. The van der Waals surface area contributed by atoms with Gasteiger partial charge in [0.1, 0.15) is 11.4 Å². The van der Waals surface area contributed by atoms with Crippen molar-refractivity contribution in [3.8, 4) is 0 Å². The average molecular weight is 396 g/mol. The number of H-pyrrole nitrogens is 1. The lowest BCUT2D eigenvalue weighted by molar-refractivity contribution is -0.384. The van der Waals surface area contributed by atoms with Crippen LogP contribution in [0.4, 0.5) is 5.69 Å². The molecular weight excluding hydrogens is 376 g/mol. The van der Waals surface area contributed by atoms with Crippen LogP contribution in [0.2, 0.25) is 0 Å². The van der Waals surface area contributed by atoms with E-state index in [1.54, 1.807) is 0 Å². The molecule has 1 aliphatic heterocycles. The molecule has 3 aromatic rings. The molecule has 0 spiro atoms. The number of aromatic amines is 1. The molecule has 1 N–H and O–H groups in total. The zero-order valence-corrected chi connectivity index (χ0v) is 15.9. The number of aryl methyl sites for hydroxylation is 1. The molecule has 0 fully saturated rings. The number of non-ortho nitro benzene ring substituents is 1. The van der Waals surface area contributed by atoms with Gasteiger partial charge in [0.25, 0.3) is 11.2 Å². The van der Waals surface area contributed by atoms with Crippen LogP contribution in [-0.2, 0) is 25.9 Å². The lowest BCUT2D eigenvalue weighted by atomic mass is 10.1. The highest BCUT2D eigenvalue weighted by Gasteiger charge is 2.22. The van der Waals surface area contributed by atoms with Crippen LogP contribution in [-0.4, -0.2) is 26.3 Å². The molecule has 1 aliphatic rings. The fraction of sp³-hybridized carbons (Fsp3) is 0.350. The topological polar surface area (TPSA) is 122 Å². The van der Waals surface area contributed by atoms with Crippen molar-refractivity contribution in [1.82, 2.24) is 14.9 Å². The van der Waals surface area contributed by atoms with Gasteiger partial charge in [-0.15, -0.1) is 0 Å². The molecule has 0 aliphatic carbocycles. The number of benzene rings is 1. The fourth-order valence-corrected chi connectivity index (χ4v) is 3.65. The highest BCUT2D eigenvalue weighted by molar-refractivity contribution is 5.79. The molecule has 2 aromatic heterocycles. The Kier molecular flexibility index (Phi) is 4.98. The van der Waals surface area contributed by atoms with Crippen molar-refractivity contribution in [3.63, 3.8) is 0 Å². The first kappa shape index (κ1) is 19.0. The van der Waals surface area contributed by atoms with Gasteiger partial charge < -0.3 is 9.40 Å². The summed E-state index contributed by atoms with van der Waals surface area (Å²) >= 11 is 0. The number of fused-ring (bicyclic) bond motifs is 2. The predicted molar refractivity (Wildman–Crippen MR) is 106 cm³/mol. The summed E-state index contributed by atoms with van der Waals surface area (Å²) in [5, 5.41) is 11.2. The number of hydrogen-bond acceptors (Lipinski definition) is 7. The van der Waals surface area contributed by atoms with Crippen LogP contribution in [0.3, 0.4) is 0 Å². The number of nitro benzene ring substituents is 1. The molecule has 0 atom stereocenters. The second-order valence-corrected chi connectivity index (χ2v) is 7.18. The van der Waals surface area contributed by atoms with Crippen LogP contribution in [0.15, 0.2) is 38.5 Å². The minimum absolute atomic E-state index is 0.135. The van der Waals surface area contributed by atoms with Crippen LogP contribution in [0.5, 0.6) is 0 Å². The third kappa shape index (κ3) is 3.68. The van der Waals surface area contributed by atoms with E-state index in [9.17, 15) is 19.7 Å². The number of rotatable bonds is 5. The molecule has 9 heteroatoms. The van der Waals surface area contributed by atoms with Crippen molar-refractivity contribution >= 4 is 16.7 Å². The van der Waals surface area contributed by atoms with Gasteiger partial charge in [0, 0.05) is 50.2 Å². The summed E-state index contributed by atoms with van der Waals surface area (Å²) in [6.45, 7) is 3.36. The highest BCUT2D eigenvalue weighted by atomic mass is 16.6. The van der Waals surface area contributed by atoms with Crippen LogP contribution in [0.1, 0.15) is 36.0 Å². The van der Waals surface area contributed by atoms with Crippen molar-refractivity contribution in [1.29, 1.82) is 0 Å². The Morgan fingerprint density at radius 2 is 2.17 bits per heavy atom. The average Bonchev–Trinajstić information content (AvgIpc) is 2.70. The van der Waals surface area contributed by atoms with Gasteiger partial charge in [0.15, 0.2) is 5.43 Å². The van der Waals surface area contributed by atoms with Gasteiger partial charge in [-0.2, -0.15) is 0 Å². The Labute approximate surface area is 165 Å². The van der Waals surface area contributed by atoms with Gasteiger partial charge >= 0.3 is 0 Å². The standard InChI is InChI=1S/C20H20N4O5/c1-2-3-18-21-16-6-7-23(10-15(16)20(26)22-18)9-12-11-29-17-5-4-13(24(27)28)8-14(17)19(12)25/h4-5,8,11H,2-3,6-7,9-10H2,1H3,(H,21,22,26). The third-order valence-electron chi connectivity index (χ3n) is 5.12. The first-order chi connectivity index (χ1) is 14.0. The zero-order chi connectivity index (χ0) is 20.5. The molecule has 0 saturated heterocycles. The summed E-state index contributed by atoms with van der Waals surface area (Å²) in [7, 11) is 0. The minimum atomic E-state index is -0.542. The van der Waals surface area contributed by atoms with E-state index in [1.807, 2.05) is 11.8 Å². The second-order valence-electron chi connectivity index (χ2n) is 7.18. The fourth-order valence-electron chi connectivity index (χ4n) is 3.65. The van der Waals surface area contributed by atoms with Gasteiger partial charge in [-0.1, -0.05) is 6.92 Å². The molecule has 4 rings (SSSR count). The van der Waals surface area contributed by atoms with Crippen molar-refractivity contribution in [2.45, 2.75) is 39.3 Å². The maximum atomic E-state index is 12.8. The number of aromatic nitrogens is 2. The largest absolute Gasteiger partial charge is 0.464 e. The predicted octanol–water partition coefficient (Wildman–Crippen LogP) is 2.30. The molecule has 9 nitrogen and oxygen atoms in total. The number of hydrogen-bond donors (Lipinski definition) is 1. The summed E-state index contributed by atoms with van der Waals surface area (Å²) in [5.74, 6) is 0.710. The summed E-state index contributed by atoms with van der Waals surface area (Å²) in [5.41, 5.74) is 1.54. The second kappa shape index (κ2) is 7.59. The van der Waals surface area contributed by atoms with E-state index < -0.39 is 4.92 Å². The van der Waals surface area contributed by atoms with E-state index in [1.165, 1.54) is 24.5 Å². The summed E-state index contributed by atoms with van der Waals surface area (Å²) in [4.78, 5) is 45.1. The molecule has 3 heterocycles. The molecule has 0 radical (unpaired) electrons. The van der Waals surface area contributed by atoms with E-state index in [4.69, 9.17) is 4.42 Å². The third-order valence-corrected chi connectivity index (χ3v) is 5.12. The van der Waals surface area contributed by atoms with Gasteiger partial charge in [0.05, 0.1) is 27.8 Å². The monoisotopic (exact) mass is 396 g/mol. The Balaban J connectivity index is 1.61. The maximum absolute atomic E-state index is 12.8. The molecule has 0 amide bonds. The maximum Gasteiger partial charge on any atom is 0.270 e. The minimum Gasteiger partial charge on any atom is -0.464 e. The first-order valence-corrected chi connectivity index (χ1v) is 9.48. The van der Waals surface area contributed by atoms with Gasteiger partial charge in [-0.05, 0) is 12.5 Å². The number of nitrogens with zero attached hydrogens (tertiary/aromatic N) is 3. The number of nitrogens with one attached hydrogen (secondary N) is 1. The lowest BCUT2D eigenvalue weighted by Gasteiger charge is -2.27. The Morgan fingerprint density at radius 1 is 1.34 bits per heavy atom. The molecule has 29 heavy (non-hydrogen) atoms. The Morgan fingerprint density at radius 3 is 2.93 bits per heavy atom. The zero-order valence-electron chi connectivity index (χ0n) is 15.9. The van der Waals surface area contributed by atoms with Crippen molar-refractivity contribution in [2.24, 2.45) is 0 Å². The van der Waals surface area contributed by atoms with Crippen molar-refractivity contribution in [3.05, 3.63) is 77.8 Å². The van der Waals surface area contributed by atoms with Crippen LogP contribution in [0.25, 0.3) is 11.0 Å². The normalized spacial score (nSPS) is 14.1. The SMILES string of the molecule is CCCc1nc2c(c(=O)[nH]1)CN(Cc1coc3ccc([N+](=O)[O-])cc3c1=O)CC2. The quantitative estimate of drug-likeness (QED) is 0.518. The summed E-state index contributed by atoms with van der Waals surface area (Å²) in [6, 6.07) is 3.97. The highest BCUT2D eigenvalue weighted by Crippen LogP contribution is 2.20. The number of nitro groups is 1. The van der Waals surface area contributed by atoms with Crippen LogP contribution >= 0.6 is 0 Å². The van der Waals surface area contributed by atoms with E-state index in [-0.39, 0.29) is 28.6 Å². The van der Waals surface area contributed by atoms with Crippen molar-refractivity contribution < 1.29 is 9.34 Å². The smallest absolute Gasteiger partial charge is 0.270 e. The molecule has 0 unspecified atom stereocenters. The molecular formula is C20H20N4O5. The van der Waals surface area contributed by atoms with Crippen molar-refractivity contribution in [2.75, 3.05) is 6.54 Å². The first-order valence-electron chi connectivity index (χ1n) is 9.48. The summed E-state index contributed by atoms with van der Waals surface area (Å²) < 4.78 is 5.51. The molecule has 150 valence electrons. The lowest BCUT2D eigenvalue weighted by Crippen LogP contribution is -2.36. The Bertz CT molecular complexity index is 1210. The Hall–Kier alpha value is -3.33. The van der Waals surface area contributed by atoms with E-state index in [2.05, 4.69) is 9.97 Å². The van der Waals surface area contributed by atoms with E-state index in [0.29, 0.717) is 42.0 Å².